The lowest BCUT2D eigenvalue weighted by Crippen LogP contribution is -2.34. The van der Waals surface area contributed by atoms with Crippen molar-refractivity contribution in [3.05, 3.63) is 60.7 Å². The normalized spacial score (nSPS) is 17.2. The summed E-state index contributed by atoms with van der Waals surface area (Å²) in [6.07, 6.45) is -0.430. The second kappa shape index (κ2) is 6.49. The van der Waals surface area contributed by atoms with Crippen LogP contribution >= 0.6 is 0 Å². The number of halogens is 3. The van der Waals surface area contributed by atoms with Gasteiger partial charge in [0.1, 0.15) is 11.7 Å². The van der Waals surface area contributed by atoms with E-state index in [4.69, 9.17) is 0 Å². The van der Waals surface area contributed by atoms with Gasteiger partial charge in [0.15, 0.2) is 0 Å². The zero-order valence-electron chi connectivity index (χ0n) is 14.3. The van der Waals surface area contributed by atoms with Gasteiger partial charge in [-0.15, -0.1) is 0 Å². The van der Waals surface area contributed by atoms with Crippen LogP contribution in [0.25, 0.3) is 10.8 Å². The van der Waals surface area contributed by atoms with Gasteiger partial charge in [-0.2, -0.15) is 18.4 Å². The summed E-state index contributed by atoms with van der Waals surface area (Å²) < 4.78 is 38.2. The quantitative estimate of drug-likeness (QED) is 0.671. The summed E-state index contributed by atoms with van der Waals surface area (Å²) in [5.41, 5.74) is -0.388. The monoisotopic (exact) mass is 383 g/mol. The second-order valence-corrected chi connectivity index (χ2v) is 6.19. The van der Waals surface area contributed by atoms with Crippen molar-refractivity contribution in [1.29, 1.82) is 5.26 Å². The number of amides is 2. The van der Waals surface area contributed by atoms with Gasteiger partial charge in [-0.25, -0.2) is 9.78 Å². The van der Waals surface area contributed by atoms with Crippen molar-refractivity contribution >= 4 is 28.2 Å². The molecular formula is C19H12F3N5O. The van der Waals surface area contributed by atoms with Crippen molar-refractivity contribution in [3.63, 3.8) is 0 Å². The standard InChI is InChI=1S/C19H12F3N5O/c20-19(21,22)17-6-5-13(9-25-17)26-11-14(7-23)27(18(26)28)16-10-24-8-12-3-1-2-4-15(12)16/h1-6,8-10,14H,11H2/t14-/m0/s1. The van der Waals surface area contributed by atoms with E-state index < -0.39 is 23.9 Å². The molecule has 0 unspecified atom stereocenters. The summed E-state index contributed by atoms with van der Waals surface area (Å²) >= 11 is 0. The first-order valence-electron chi connectivity index (χ1n) is 8.26. The maximum atomic E-state index is 13.0. The molecule has 1 saturated heterocycles. The number of carbonyl (C=O) groups excluding carboxylic acids is 1. The molecule has 0 N–H and O–H groups in total. The minimum atomic E-state index is -4.57. The summed E-state index contributed by atoms with van der Waals surface area (Å²) in [5, 5.41) is 11.1. The Hall–Kier alpha value is -3.67. The van der Waals surface area contributed by atoms with E-state index in [9.17, 15) is 23.2 Å². The third-order valence-electron chi connectivity index (χ3n) is 4.51. The van der Waals surface area contributed by atoms with Gasteiger partial charge in [-0.1, -0.05) is 24.3 Å². The van der Waals surface area contributed by atoms with E-state index >= 15 is 0 Å². The van der Waals surface area contributed by atoms with E-state index in [1.165, 1.54) is 22.1 Å². The molecule has 1 aromatic carbocycles. The van der Waals surface area contributed by atoms with Gasteiger partial charge in [0.2, 0.25) is 0 Å². The zero-order valence-corrected chi connectivity index (χ0v) is 14.3. The van der Waals surface area contributed by atoms with Crippen LogP contribution in [0.4, 0.5) is 29.3 Å². The summed E-state index contributed by atoms with van der Waals surface area (Å²) in [4.78, 5) is 23.1. The van der Waals surface area contributed by atoms with Crippen molar-refractivity contribution in [2.75, 3.05) is 16.3 Å². The van der Waals surface area contributed by atoms with Crippen LogP contribution in [0.2, 0.25) is 0 Å². The Morgan fingerprint density at radius 2 is 1.89 bits per heavy atom. The SMILES string of the molecule is N#C[C@H]1CN(c2ccc(C(F)(F)F)nc2)C(=O)N1c1cncc2ccccc12. The number of fused-ring (bicyclic) bond motifs is 1. The minimum absolute atomic E-state index is 0.00555. The second-order valence-electron chi connectivity index (χ2n) is 6.19. The van der Waals surface area contributed by atoms with Crippen molar-refractivity contribution in [1.82, 2.24) is 9.97 Å². The molecule has 0 aliphatic carbocycles. The lowest BCUT2D eigenvalue weighted by Gasteiger charge is -2.21. The van der Waals surface area contributed by atoms with Gasteiger partial charge in [-0.05, 0) is 12.1 Å². The molecule has 4 rings (SSSR count). The van der Waals surface area contributed by atoms with Crippen LogP contribution < -0.4 is 9.80 Å². The summed E-state index contributed by atoms with van der Waals surface area (Å²) in [6, 6.07) is 10.0. The molecule has 1 atom stereocenters. The Morgan fingerprint density at radius 3 is 2.57 bits per heavy atom. The van der Waals surface area contributed by atoms with E-state index in [2.05, 4.69) is 16.0 Å². The highest BCUT2D eigenvalue weighted by molar-refractivity contribution is 6.11. The van der Waals surface area contributed by atoms with Gasteiger partial charge in [0.05, 0.1) is 36.4 Å². The minimum Gasteiger partial charge on any atom is -0.289 e. The van der Waals surface area contributed by atoms with Crippen LogP contribution in [-0.4, -0.2) is 28.6 Å². The van der Waals surface area contributed by atoms with E-state index in [1.54, 1.807) is 6.20 Å². The first-order valence-corrected chi connectivity index (χ1v) is 8.26. The highest BCUT2D eigenvalue weighted by atomic mass is 19.4. The average Bonchev–Trinajstić information content (AvgIpc) is 3.03. The molecular weight excluding hydrogens is 371 g/mol. The van der Waals surface area contributed by atoms with Gasteiger partial charge in [0.25, 0.3) is 0 Å². The van der Waals surface area contributed by atoms with Crippen LogP contribution in [-0.2, 0) is 6.18 Å². The number of anilines is 2. The van der Waals surface area contributed by atoms with Crippen molar-refractivity contribution in [2.24, 2.45) is 0 Å². The number of urea groups is 1. The number of benzene rings is 1. The third-order valence-corrected chi connectivity index (χ3v) is 4.51. The Morgan fingerprint density at radius 1 is 1.11 bits per heavy atom. The van der Waals surface area contributed by atoms with E-state index in [1.807, 2.05) is 24.3 Å². The maximum absolute atomic E-state index is 13.0. The van der Waals surface area contributed by atoms with Gasteiger partial charge >= 0.3 is 12.2 Å². The molecule has 6 nitrogen and oxygen atoms in total. The Bertz CT molecular complexity index is 1090. The molecule has 9 heteroatoms. The van der Waals surface area contributed by atoms with E-state index in [0.29, 0.717) is 5.69 Å². The molecule has 0 bridgehead atoms. The predicted molar refractivity (Wildman–Crippen MR) is 95.6 cm³/mol. The van der Waals surface area contributed by atoms with Gasteiger partial charge in [-0.3, -0.25) is 14.8 Å². The predicted octanol–water partition coefficient (Wildman–Crippen LogP) is 3.99. The van der Waals surface area contributed by atoms with Crippen molar-refractivity contribution < 1.29 is 18.0 Å². The number of pyridine rings is 2. The van der Waals surface area contributed by atoms with Crippen LogP contribution in [0.1, 0.15) is 5.69 Å². The molecule has 3 heterocycles. The maximum Gasteiger partial charge on any atom is 0.433 e. The topological polar surface area (TPSA) is 73.1 Å². The fourth-order valence-corrected chi connectivity index (χ4v) is 3.19. The van der Waals surface area contributed by atoms with Crippen LogP contribution in [0.5, 0.6) is 0 Å². The molecule has 28 heavy (non-hydrogen) atoms. The third kappa shape index (κ3) is 2.89. The Kier molecular flexibility index (Phi) is 4.11. The number of aromatic nitrogens is 2. The summed E-state index contributed by atoms with van der Waals surface area (Å²) in [5.74, 6) is 0. The first kappa shape index (κ1) is 17.7. The number of nitrogens with zero attached hydrogens (tertiary/aromatic N) is 5. The number of hydrogen-bond donors (Lipinski definition) is 0. The van der Waals surface area contributed by atoms with Crippen LogP contribution in [0, 0.1) is 11.3 Å². The van der Waals surface area contributed by atoms with Crippen LogP contribution in [0.15, 0.2) is 55.0 Å². The fourth-order valence-electron chi connectivity index (χ4n) is 3.19. The first-order chi connectivity index (χ1) is 13.4. The molecule has 0 radical (unpaired) electrons. The van der Waals surface area contributed by atoms with Crippen LogP contribution in [0.3, 0.4) is 0 Å². The molecule has 2 aromatic heterocycles. The van der Waals surface area contributed by atoms with E-state index in [-0.39, 0.29) is 12.2 Å². The molecule has 0 spiro atoms. The highest BCUT2D eigenvalue weighted by Crippen LogP contribution is 2.34. The summed E-state index contributed by atoms with van der Waals surface area (Å²) in [7, 11) is 0. The number of hydrogen-bond acceptors (Lipinski definition) is 4. The largest absolute Gasteiger partial charge is 0.433 e. The summed E-state index contributed by atoms with van der Waals surface area (Å²) in [6.45, 7) is 0.00555. The molecule has 3 aromatic rings. The fraction of sp³-hybridized carbons (Fsp3) is 0.158. The molecule has 2 amide bonds. The smallest absolute Gasteiger partial charge is 0.289 e. The molecule has 1 aliphatic heterocycles. The Balaban J connectivity index is 1.73. The van der Waals surface area contributed by atoms with Gasteiger partial charge in [0, 0.05) is 17.0 Å². The Labute approximate surface area is 157 Å². The lowest BCUT2D eigenvalue weighted by molar-refractivity contribution is -0.141. The number of rotatable bonds is 2. The lowest BCUT2D eigenvalue weighted by atomic mass is 10.1. The number of alkyl halides is 3. The van der Waals surface area contributed by atoms with Crippen molar-refractivity contribution in [3.8, 4) is 6.07 Å². The average molecular weight is 383 g/mol. The highest BCUT2D eigenvalue weighted by Gasteiger charge is 2.40. The molecule has 1 aliphatic rings. The number of carbonyl (C=O) groups is 1. The molecule has 1 fully saturated rings. The van der Waals surface area contributed by atoms with Crippen molar-refractivity contribution in [2.45, 2.75) is 12.2 Å². The molecule has 0 saturated carbocycles. The zero-order chi connectivity index (χ0) is 19.9. The van der Waals surface area contributed by atoms with E-state index in [0.717, 1.165) is 23.0 Å². The number of nitriles is 1. The van der Waals surface area contributed by atoms with Gasteiger partial charge < -0.3 is 0 Å². The molecule has 140 valence electrons.